The molecule has 0 aromatic carbocycles. The highest BCUT2D eigenvalue weighted by molar-refractivity contribution is 6.17. The SMILES string of the molecule is CCCCC(C(=O)O)(N1C(=O)C=CC1=O)N1C(=O)CCC1=O. The molecule has 4 amide bonds. The van der Waals surface area contributed by atoms with Crippen LogP contribution >= 0.6 is 0 Å². The van der Waals surface area contributed by atoms with Gasteiger partial charge in [0.05, 0.1) is 0 Å². The fourth-order valence-corrected chi connectivity index (χ4v) is 2.80. The van der Waals surface area contributed by atoms with E-state index in [1.807, 2.05) is 0 Å². The molecular formula is C14H16N2O6. The van der Waals surface area contributed by atoms with Gasteiger partial charge in [-0.05, 0) is 6.42 Å². The molecule has 1 saturated heterocycles. The molecule has 0 bridgehead atoms. The van der Waals surface area contributed by atoms with Crippen LogP contribution in [0.1, 0.15) is 39.0 Å². The standard InChI is InChI=1S/C14H16N2O6/c1-2-3-8-14(13(21)22,15-9(17)4-5-10(15)18)16-11(19)6-7-12(16)20/h4-5H,2-3,6-8H2,1H3,(H,21,22). The molecule has 22 heavy (non-hydrogen) atoms. The van der Waals surface area contributed by atoms with Crippen LogP contribution in [0.5, 0.6) is 0 Å². The van der Waals surface area contributed by atoms with Crippen LogP contribution in [0.25, 0.3) is 0 Å². The number of imide groups is 2. The van der Waals surface area contributed by atoms with Crippen molar-refractivity contribution in [1.82, 2.24) is 9.80 Å². The first-order valence-corrected chi connectivity index (χ1v) is 7.01. The van der Waals surface area contributed by atoms with Crippen molar-refractivity contribution < 1.29 is 29.1 Å². The van der Waals surface area contributed by atoms with Gasteiger partial charge in [0.15, 0.2) is 0 Å². The van der Waals surface area contributed by atoms with Crippen LogP contribution in [-0.2, 0) is 24.0 Å². The smallest absolute Gasteiger partial charge is 0.351 e. The van der Waals surface area contributed by atoms with Crippen LogP contribution in [0, 0.1) is 0 Å². The van der Waals surface area contributed by atoms with Crippen molar-refractivity contribution in [3.8, 4) is 0 Å². The lowest BCUT2D eigenvalue weighted by atomic mass is 9.98. The number of aliphatic carboxylic acids is 1. The Kier molecular flexibility index (Phi) is 4.11. The first-order chi connectivity index (χ1) is 10.4. The van der Waals surface area contributed by atoms with Gasteiger partial charge in [0.25, 0.3) is 11.8 Å². The Hall–Kier alpha value is -2.51. The van der Waals surface area contributed by atoms with E-state index in [1.165, 1.54) is 0 Å². The lowest BCUT2D eigenvalue weighted by Gasteiger charge is -2.42. The molecule has 2 rings (SSSR count). The zero-order valence-electron chi connectivity index (χ0n) is 12.1. The lowest BCUT2D eigenvalue weighted by molar-refractivity contribution is -0.183. The van der Waals surface area contributed by atoms with Gasteiger partial charge in [-0.25, -0.2) is 14.6 Å². The molecule has 1 fully saturated rings. The van der Waals surface area contributed by atoms with Crippen molar-refractivity contribution >= 4 is 29.6 Å². The first kappa shape index (κ1) is 15.9. The summed E-state index contributed by atoms with van der Waals surface area (Å²) in [7, 11) is 0. The van der Waals surface area contributed by atoms with Gasteiger partial charge in [-0.3, -0.25) is 19.2 Å². The van der Waals surface area contributed by atoms with Crippen molar-refractivity contribution in [1.29, 1.82) is 0 Å². The predicted octanol–water partition coefficient (Wildman–Crippen LogP) is 0.0315. The number of hydrogen-bond acceptors (Lipinski definition) is 5. The quantitative estimate of drug-likeness (QED) is 0.693. The Morgan fingerprint density at radius 1 is 1.09 bits per heavy atom. The maximum absolute atomic E-state index is 12.0. The molecule has 2 aliphatic heterocycles. The minimum Gasteiger partial charge on any atom is -0.478 e. The molecule has 0 aromatic heterocycles. The Balaban J connectivity index is 2.58. The fraction of sp³-hybridized carbons (Fsp3) is 0.500. The van der Waals surface area contributed by atoms with Gasteiger partial charge in [-0.1, -0.05) is 13.3 Å². The molecule has 1 atom stereocenters. The van der Waals surface area contributed by atoms with Crippen LogP contribution < -0.4 is 0 Å². The third kappa shape index (κ3) is 2.20. The van der Waals surface area contributed by atoms with Crippen LogP contribution in [-0.4, -0.2) is 50.2 Å². The molecule has 2 heterocycles. The summed E-state index contributed by atoms with van der Waals surface area (Å²) in [5.41, 5.74) is -2.28. The average molecular weight is 308 g/mol. The highest BCUT2D eigenvalue weighted by atomic mass is 16.4. The fourth-order valence-electron chi connectivity index (χ4n) is 2.80. The highest BCUT2D eigenvalue weighted by Crippen LogP contribution is 2.34. The normalized spacial score (nSPS) is 21.0. The summed E-state index contributed by atoms with van der Waals surface area (Å²) < 4.78 is 0. The van der Waals surface area contributed by atoms with Crippen LogP contribution in [0.4, 0.5) is 0 Å². The van der Waals surface area contributed by atoms with Crippen molar-refractivity contribution in [2.75, 3.05) is 0 Å². The van der Waals surface area contributed by atoms with Gasteiger partial charge in [0, 0.05) is 31.4 Å². The molecule has 8 heteroatoms. The second-order valence-corrected chi connectivity index (χ2v) is 5.19. The van der Waals surface area contributed by atoms with E-state index < -0.39 is 35.3 Å². The van der Waals surface area contributed by atoms with Crippen molar-refractivity contribution in [3.05, 3.63) is 12.2 Å². The summed E-state index contributed by atoms with van der Waals surface area (Å²) in [5.74, 6) is -4.60. The molecule has 0 aromatic rings. The van der Waals surface area contributed by atoms with E-state index in [2.05, 4.69) is 0 Å². The molecule has 2 aliphatic rings. The molecular weight excluding hydrogens is 292 g/mol. The molecule has 8 nitrogen and oxygen atoms in total. The van der Waals surface area contributed by atoms with Crippen molar-refractivity contribution in [2.45, 2.75) is 44.7 Å². The largest absolute Gasteiger partial charge is 0.478 e. The molecule has 0 spiro atoms. The maximum Gasteiger partial charge on any atom is 0.351 e. The number of carboxylic acid groups (broad SMARTS) is 1. The number of hydrogen-bond donors (Lipinski definition) is 1. The van der Waals surface area contributed by atoms with Crippen LogP contribution in [0.2, 0.25) is 0 Å². The summed E-state index contributed by atoms with van der Waals surface area (Å²) in [5, 5.41) is 9.72. The minimum absolute atomic E-state index is 0.121. The van der Waals surface area contributed by atoms with E-state index in [9.17, 15) is 29.1 Å². The van der Waals surface area contributed by atoms with Gasteiger partial charge in [0.2, 0.25) is 17.5 Å². The number of carbonyl (C=O) groups is 5. The van der Waals surface area contributed by atoms with E-state index in [1.54, 1.807) is 6.92 Å². The monoisotopic (exact) mass is 308 g/mol. The van der Waals surface area contributed by atoms with E-state index in [-0.39, 0.29) is 19.3 Å². The lowest BCUT2D eigenvalue weighted by Crippen LogP contribution is -2.68. The molecule has 1 unspecified atom stereocenters. The van der Waals surface area contributed by atoms with Crippen LogP contribution in [0.15, 0.2) is 12.2 Å². The molecule has 0 saturated carbocycles. The highest BCUT2D eigenvalue weighted by Gasteiger charge is 2.59. The van der Waals surface area contributed by atoms with Gasteiger partial charge in [-0.2, -0.15) is 0 Å². The van der Waals surface area contributed by atoms with E-state index in [0.717, 1.165) is 12.2 Å². The number of nitrogens with zero attached hydrogens (tertiary/aromatic N) is 2. The van der Waals surface area contributed by atoms with E-state index in [4.69, 9.17) is 0 Å². The predicted molar refractivity (Wildman–Crippen MR) is 72.0 cm³/mol. The Labute approximate surface area is 126 Å². The zero-order valence-corrected chi connectivity index (χ0v) is 12.1. The van der Waals surface area contributed by atoms with Crippen molar-refractivity contribution in [2.24, 2.45) is 0 Å². The van der Waals surface area contributed by atoms with Gasteiger partial charge in [0.1, 0.15) is 0 Å². The van der Waals surface area contributed by atoms with Gasteiger partial charge < -0.3 is 5.11 Å². The number of carbonyl (C=O) groups excluding carboxylic acids is 4. The summed E-state index contributed by atoms with van der Waals surface area (Å²) >= 11 is 0. The zero-order chi connectivity index (χ0) is 16.5. The number of carboxylic acids is 1. The topological polar surface area (TPSA) is 112 Å². The number of amides is 4. The first-order valence-electron chi connectivity index (χ1n) is 7.01. The summed E-state index contributed by atoms with van der Waals surface area (Å²) in [6.45, 7) is 1.80. The molecule has 0 aliphatic carbocycles. The Morgan fingerprint density at radius 2 is 1.59 bits per heavy atom. The maximum atomic E-state index is 12.0. The second kappa shape index (κ2) is 5.70. The number of rotatable bonds is 6. The summed E-state index contributed by atoms with van der Waals surface area (Å²) in [6, 6.07) is 0. The third-order valence-electron chi connectivity index (χ3n) is 3.82. The van der Waals surface area contributed by atoms with E-state index >= 15 is 0 Å². The Bertz CT molecular complexity index is 558. The van der Waals surface area contributed by atoms with Crippen molar-refractivity contribution in [3.63, 3.8) is 0 Å². The van der Waals surface area contributed by atoms with E-state index in [0.29, 0.717) is 22.6 Å². The van der Waals surface area contributed by atoms with Crippen LogP contribution in [0.3, 0.4) is 0 Å². The van der Waals surface area contributed by atoms with Gasteiger partial charge >= 0.3 is 5.97 Å². The Morgan fingerprint density at radius 3 is 2.00 bits per heavy atom. The summed E-state index contributed by atoms with van der Waals surface area (Å²) in [4.78, 5) is 61.1. The third-order valence-corrected chi connectivity index (χ3v) is 3.82. The summed E-state index contributed by atoms with van der Waals surface area (Å²) in [6.07, 6.45) is 2.37. The van der Waals surface area contributed by atoms with Gasteiger partial charge in [-0.15, -0.1) is 0 Å². The average Bonchev–Trinajstić information content (AvgIpc) is 2.97. The minimum atomic E-state index is -2.28. The number of unbranched alkanes of at least 4 members (excludes halogenated alkanes) is 1. The molecule has 118 valence electrons. The molecule has 1 N–H and O–H groups in total. The second-order valence-electron chi connectivity index (χ2n) is 5.19. The number of likely N-dealkylation sites (tertiary alicyclic amines) is 1. The molecule has 0 radical (unpaired) electrons.